The lowest BCUT2D eigenvalue weighted by Crippen LogP contribution is -2.28. The standard InChI is InChI=1S/C14H26N4O/c1-5-10(6-2)11(19)7-16-14-12(9(3)4)13(15)17-8-18-14/h8-11,19H,5-7H2,1-4H3,(H3,15,16,17,18). The Labute approximate surface area is 115 Å². The van der Waals surface area contributed by atoms with E-state index in [0.717, 1.165) is 24.2 Å². The SMILES string of the molecule is CCC(CC)C(O)CNc1ncnc(N)c1C(C)C. The molecular weight excluding hydrogens is 240 g/mol. The zero-order chi connectivity index (χ0) is 14.4. The third kappa shape index (κ3) is 4.06. The lowest BCUT2D eigenvalue weighted by Gasteiger charge is -2.22. The highest BCUT2D eigenvalue weighted by atomic mass is 16.3. The smallest absolute Gasteiger partial charge is 0.135 e. The molecular formula is C14H26N4O. The first-order chi connectivity index (χ1) is 9.01. The minimum Gasteiger partial charge on any atom is -0.391 e. The van der Waals surface area contributed by atoms with Crippen LogP contribution in [0.25, 0.3) is 0 Å². The maximum Gasteiger partial charge on any atom is 0.135 e. The molecule has 0 aliphatic carbocycles. The van der Waals surface area contributed by atoms with E-state index in [0.29, 0.717) is 18.3 Å². The van der Waals surface area contributed by atoms with Crippen molar-refractivity contribution >= 4 is 11.6 Å². The average Bonchev–Trinajstić information content (AvgIpc) is 2.37. The second kappa shape index (κ2) is 7.28. The van der Waals surface area contributed by atoms with Gasteiger partial charge in [0.25, 0.3) is 0 Å². The van der Waals surface area contributed by atoms with Gasteiger partial charge in [-0.2, -0.15) is 0 Å². The maximum absolute atomic E-state index is 10.1. The number of anilines is 2. The number of hydrogen-bond acceptors (Lipinski definition) is 5. The van der Waals surface area contributed by atoms with Gasteiger partial charge in [0.05, 0.1) is 6.10 Å². The van der Waals surface area contributed by atoms with Gasteiger partial charge in [0.1, 0.15) is 18.0 Å². The van der Waals surface area contributed by atoms with E-state index >= 15 is 0 Å². The van der Waals surface area contributed by atoms with Gasteiger partial charge in [0, 0.05) is 12.1 Å². The molecule has 5 nitrogen and oxygen atoms in total. The third-order valence-corrected chi connectivity index (χ3v) is 3.56. The second-order valence-electron chi connectivity index (χ2n) is 5.20. The predicted octanol–water partition coefficient (Wildman–Crippen LogP) is 2.39. The Hall–Kier alpha value is -1.36. The van der Waals surface area contributed by atoms with Crippen molar-refractivity contribution in [3.63, 3.8) is 0 Å². The highest BCUT2D eigenvalue weighted by Crippen LogP contribution is 2.26. The molecule has 19 heavy (non-hydrogen) atoms. The van der Waals surface area contributed by atoms with Crippen LogP contribution in [0.4, 0.5) is 11.6 Å². The molecule has 0 saturated carbocycles. The number of aromatic nitrogens is 2. The Morgan fingerprint density at radius 1 is 1.26 bits per heavy atom. The van der Waals surface area contributed by atoms with Gasteiger partial charge in [-0.1, -0.05) is 40.5 Å². The van der Waals surface area contributed by atoms with Gasteiger partial charge < -0.3 is 16.2 Å². The molecule has 1 rings (SSSR count). The highest BCUT2D eigenvalue weighted by molar-refractivity contribution is 5.56. The Bertz CT molecular complexity index is 391. The van der Waals surface area contributed by atoms with Gasteiger partial charge >= 0.3 is 0 Å². The van der Waals surface area contributed by atoms with Crippen molar-refractivity contribution < 1.29 is 5.11 Å². The first kappa shape index (κ1) is 15.7. The van der Waals surface area contributed by atoms with Gasteiger partial charge in [0.2, 0.25) is 0 Å². The van der Waals surface area contributed by atoms with Crippen LogP contribution in [0.3, 0.4) is 0 Å². The van der Waals surface area contributed by atoms with Gasteiger partial charge in [0.15, 0.2) is 0 Å². The van der Waals surface area contributed by atoms with Crippen LogP contribution in [0.15, 0.2) is 6.33 Å². The molecule has 1 atom stereocenters. The molecule has 0 bridgehead atoms. The molecule has 0 amide bonds. The molecule has 0 aliphatic rings. The fourth-order valence-electron chi connectivity index (χ4n) is 2.32. The molecule has 0 spiro atoms. The summed E-state index contributed by atoms with van der Waals surface area (Å²) >= 11 is 0. The van der Waals surface area contributed by atoms with Crippen molar-refractivity contribution in [1.82, 2.24) is 9.97 Å². The van der Waals surface area contributed by atoms with Crippen molar-refractivity contribution in [2.75, 3.05) is 17.6 Å². The summed E-state index contributed by atoms with van der Waals surface area (Å²) in [5, 5.41) is 13.3. The zero-order valence-corrected chi connectivity index (χ0v) is 12.3. The molecule has 0 aromatic carbocycles. The molecule has 1 heterocycles. The summed E-state index contributed by atoms with van der Waals surface area (Å²) in [5.74, 6) is 1.79. The highest BCUT2D eigenvalue weighted by Gasteiger charge is 2.17. The summed E-state index contributed by atoms with van der Waals surface area (Å²) < 4.78 is 0. The Morgan fingerprint density at radius 2 is 1.89 bits per heavy atom. The van der Waals surface area contributed by atoms with Crippen molar-refractivity contribution in [2.24, 2.45) is 5.92 Å². The summed E-state index contributed by atoms with van der Waals surface area (Å²) in [7, 11) is 0. The van der Waals surface area contributed by atoms with E-state index in [9.17, 15) is 5.11 Å². The molecule has 0 saturated heterocycles. The van der Waals surface area contributed by atoms with Crippen LogP contribution < -0.4 is 11.1 Å². The number of nitrogens with two attached hydrogens (primary N) is 1. The topological polar surface area (TPSA) is 84.1 Å². The van der Waals surface area contributed by atoms with Crippen molar-refractivity contribution in [3.05, 3.63) is 11.9 Å². The monoisotopic (exact) mass is 266 g/mol. The maximum atomic E-state index is 10.1. The first-order valence-electron chi connectivity index (χ1n) is 7.03. The summed E-state index contributed by atoms with van der Waals surface area (Å²) in [4.78, 5) is 8.25. The predicted molar refractivity (Wildman–Crippen MR) is 79.1 cm³/mol. The van der Waals surface area contributed by atoms with Gasteiger partial charge in [-0.25, -0.2) is 9.97 Å². The quantitative estimate of drug-likeness (QED) is 0.705. The molecule has 0 radical (unpaired) electrons. The first-order valence-corrected chi connectivity index (χ1v) is 7.03. The lowest BCUT2D eigenvalue weighted by atomic mass is 9.96. The largest absolute Gasteiger partial charge is 0.391 e. The number of nitrogens with one attached hydrogen (secondary N) is 1. The Kier molecular flexibility index (Phi) is 6.02. The summed E-state index contributed by atoms with van der Waals surface area (Å²) in [6.07, 6.45) is 3.03. The van der Waals surface area contributed by atoms with E-state index in [1.54, 1.807) is 0 Å². The van der Waals surface area contributed by atoms with Crippen LogP contribution in [0.2, 0.25) is 0 Å². The summed E-state index contributed by atoms with van der Waals surface area (Å²) in [6, 6.07) is 0. The number of nitrogen functional groups attached to an aromatic ring is 1. The van der Waals surface area contributed by atoms with Crippen molar-refractivity contribution in [1.29, 1.82) is 0 Å². The fourth-order valence-corrected chi connectivity index (χ4v) is 2.32. The second-order valence-corrected chi connectivity index (χ2v) is 5.20. The third-order valence-electron chi connectivity index (χ3n) is 3.56. The molecule has 1 aromatic rings. The van der Waals surface area contributed by atoms with Crippen LogP contribution in [-0.2, 0) is 0 Å². The van der Waals surface area contributed by atoms with Gasteiger partial charge in [-0.05, 0) is 11.8 Å². The van der Waals surface area contributed by atoms with Crippen LogP contribution in [0.1, 0.15) is 52.0 Å². The van der Waals surface area contributed by atoms with Gasteiger partial charge in [-0.3, -0.25) is 0 Å². The van der Waals surface area contributed by atoms with E-state index in [4.69, 9.17) is 5.73 Å². The number of nitrogens with zero attached hydrogens (tertiary/aromatic N) is 2. The minimum absolute atomic E-state index is 0.244. The molecule has 108 valence electrons. The summed E-state index contributed by atoms with van der Waals surface area (Å²) in [6.45, 7) is 8.79. The van der Waals surface area contributed by atoms with E-state index in [-0.39, 0.29) is 12.0 Å². The van der Waals surface area contributed by atoms with E-state index in [1.165, 1.54) is 6.33 Å². The number of aliphatic hydroxyl groups is 1. The van der Waals surface area contributed by atoms with Crippen molar-refractivity contribution in [2.45, 2.75) is 52.6 Å². The Balaban J connectivity index is 2.75. The number of hydrogen-bond donors (Lipinski definition) is 3. The van der Waals surface area contributed by atoms with Crippen LogP contribution >= 0.6 is 0 Å². The molecule has 5 heteroatoms. The lowest BCUT2D eigenvalue weighted by molar-refractivity contribution is 0.114. The van der Waals surface area contributed by atoms with E-state index < -0.39 is 0 Å². The average molecular weight is 266 g/mol. The molecule has 4 N–H and O–H groups in total. The van der Waals surface area contributed by atoms with E-state index in [2.05, 4.69) is 43.0 Å². The van der Waals surface area contributed by atoms with Crippen molar-refractivity contribution in [3.8, 4) is 0 Å². The zero-order valence-electron chi connectivity index (χ0n) is 12.3. The normalized spacial score (nSPS) is 13.0. The fraction of sp³-hybridized carbons (Fsp3) is 0.714. The molecule has 1 aromatic heterocycles. The van der Waals surface area contributed by atoms with Crippen LogP contribution in [-0.4, -0.2) is 27.7 Å². The minimum atomic E-state index is -0.369. The van der Waals surface area contributed by atoms with Crippen LogP contribution in [0, 0.1) is 5.92 Å². The van der Waals surface area contributed by atoms with Gasteiger partial charge in [-0.15, -0.1) is 0 Å². The number of rotatable bonds is 7. The molecule has 1 unspecified atom stereocenters. The molecule has 0 aliphatic heterocycles. The van der Waals surface area contributed by atoms with E-state index in [1.807, 2.05) is 0 Å². The van der Waals surface area contributed by atoms with Crippen LogP contribution in [0.5, 0.6) is 0 Å². The summed E-state index contributed by atoms with van der Waals surface area (Å²) in [5.41, 5.74) is 6.80. The Morgan fingerprint density at radius 3 is 2.42 bits per heavy atom. The number of aliphatic hydroxyl groups excluding tert-OH is 1. The molecule has 0 fully saturated rings.